The summed E-state index contributed by atoms with van der Waals surface area (Å²) in [7, 11) is 0. The number of hydrogen-bond acceptors (Lipinski definition) is 5. The first-order valence-corrected chi connectivity index (χ1v) is 11.4. The number of carbonyl (C=O) groups excluding carboxylic acids is 1. The molecule has 170 valence electrons. The largest absolute Gasteiger partial charge is 0.488 e. The van der Waals surface area contributed by atoms with Gasteiger partial charge in [0, 0.05) is 4.47 Å². The zero-order chi connectivity index (χ0) is 23.5. The van der Waals surface area contributed by atoms with E-state index >= 15 is 0 Å². The summed E-state index contributed by atoms with van der Waals surface area (Å²) in [6, 6.07) is 15.8. The third-order valence-corrected chi connectivity index (χ3v) is 6.06. The molecule has 2 aromatic carbocycles. The van der Waals surface area contributed by atoms with Gasteiger partial charge in [-0.2, -0.15) is 5.10 Å². The highest BCUT2D eigenvalue weighted by atomic mass is 79.9. The number of ether oxygens (including phenoxy) is 1. The van der Waals surface area contributed by atoms with Crippen LogP contribution in [0, 0.1) is 27.7 Å². The van der Waals surface area contributed by atoms with Crippen molar-refractivity contribution in [3.63, 3.8) is 0 Å². The third-order valence-electron chi connectivity index (χ3n) is 5.53. The molecular formula is C25H25BrN4O3. The molecule has 33 heavy (non-hydrogen) atoms. The number of aryl methyl sites for hydroxylation is 3. The first-order chi connectivity index (χ1) is 15.8. The molecule has 4 rings (SSSR count). The molecule has 2 heterocycles. The van der Waals surface area contributed by atoms with Gasteiger partial charge in [-0.25, -0.2) is 0 Å². The van der Waals surface area contributed by atoms with Crippen molar-refractivity contribution in [1.29, 1.82) is 0 Å². The van der Waals surface area contributed by atoms with Gasteiger partial charge in [-0.05, 0) is 57.0 Å². The van der Waals surface area contributed by atoms with Gasteiger partial charge >= 0.3 is 0 Å². The number of anilines is 1. The maximum atomic E-state index is 13.1. The number of benzene rings is 2. The van der Waals surface area contributed by atoms with Crippen LogP contribution in [0.1, 0.15) is 44.3 Å². The molecule has 0 aliphatic rings. The molecular weight excluding hydrogens is 484 g/mol. The number of nitrogens with zero attached hydrogens (tertiary/aromatic N) is 3. The van der Waals surface area contributed by atoms with Crippen LogP contribution >= 0.6 is 15.9 Å². The van der Waals surface area contributed by atoms with Crippen molar-refractivity contribution in [2.24, 2.45) is 0 Å². The Labute approximate surface area is 200 Å². The SMILES string of the molecule is Cc1ccccc1OCc1c(C(=O)Nc2c(C)nn(Cc3ccc(Br)cc3)c2C)noc1C. The third kappa shape index (κ3) is 5.01. The Kier molecular flexibility index (Phi) is 6.65. The number of amides is 1. The number of aromatic nitrogens is 3. The Hall–Kier alpha value is -3.39. The van der Waals surface area contributed by atoms with Gasteiger partial charge in [0.2, 0.25) is 0 Å². The molecule has 0 bridgehead atoms. The minimum Gasteiger partial charge on any atom is -0.488 e. The number of halogens is 1. The van der Waals surface area contributed by atoms with E-state index in [4.69, 9.17) is 9.26 Å². The lowest BCUT2D eigenvalue weighted by molar-refractivity contribution is 0.101. The Bertz CT molecular complexity index is 1290. The van der Waals surface area contributed by atoms with Gasteiger partial charge in [0.1, 0.15) is 18.1 Å². The van der Waals surface area contributed by atoms with Crippen molar-refractivity contribution in [1.82, 2.24) is 14.9 Å². The molecule has 0 fully saturated rings. The van der Waals surface area contributed by atoms with Crippen molar-refractivity contribution in [2.75, 3.05) is 5.32 Å². The predicted octanol–water partition coefficient (Wildman–Crippen LogP) is 5.75. The van der Waals surface area contributed by atoms with E-state index in [9.17, 15) is 4.79 Å². The monoisotopic (exact) mass is 508 g/mol. The van der Waals surface area contributed by atoms with Crippen LogP contribution in [0.4, 0.5) is 5.69 Å². The molecule has 0 saturated heterocycles. The summed E-state index contributed by atoms with van der Waals surface area (Å²) < 4.78 is 14.1. The number of carbonyl (C=O) groups is 1. The second kappa shape index (κ2) is 9.62. The summed E-state index contributed by atoms with van der Waals surface area (Å²) in [5, 5.41) is 11.6. The van der Waals surface area contributed by atoms with Crippen molar-refractivity contribution >= 4 is 27.5 Å². The molecule has 0 aliphatic carbocycles. The van der Waals surface area contributed by atoms with Crippen LogP contribution in [0.25, 0.3) is 0 Å². The topological polar surface area (TPSA) is 82.2 Å². The van der Waals surface area contributed by atoms with E-state index in [0.717, 1.165) is 32.7 Å². The van der Waals surface area contributed by atoms with Gasteiger partial charge < -0.3 is 14.6 Å². The second-order valence-corrected chi connectivity index (χ2v) is 8.82. The molecule has 2 aromatic heterocycles. The average molecular weight is 509 g/mol. The van der Waals surface area contributed by atoms with E-state index in [1.54, 1.807) is 6.92 Å². The van der Waals surface area contributed by atoms with Gasteiger partial charge in [-0.1, -0.05) is 51.4 Å². The highest BCUT2D eigenvalue weighted by Crippen LogP contribution is 2.24. The molecule has 0 spiro atoms. The van der Waals surface area contributed by atoms with Crippen LogP contribution in [-0.2, 0) is 13.2 Å². The van der Waals surface area contributed by atoms with Crippen molar-refractivity contribution in [3.8, 4) is 5.75 Å². The maximum absolute atomic E-state index is 13.1. The van der Waals surface area contributed by atoms with Crippen molar-refractivity contribution in [2.45, 2.75) is 40.8 Å². The highest BCUT2D eigenvalue weighted by Gasteiger charge is 2.23. The molecule has 0 unspecified atom stereocenters. The fraction of sp³-hybridized carbons (Fsp3) is 0.240. The molecule has 7 nitrogen and oxygen atoms in total. The standard InChI is InChI=1S/C25H25BrN4O3/c1-15-7-5-6-8-22(15)32-14-21-18(4)33-29-24(21)25(31)27-23-16(2)28-30(17(23)3)13-19-9-11-20(26)12-10-19/h5-12H,13-14H2,1-4H3,(H,27,31). The molecule has 0 aliphatic heterocycles. The molecule has 4 aromatic rings. The average Bonchev–Trinajstić information content (AvgIpc) is 3.29. The van der Waals surface area contributed by atoms with Gasteiger partial charge in [0.05, 0.1) is 29.2 Å². The van der Waals surface area contributed by atoms with Crippen LogP contribution < -0.4 is 10.1 Å². The number of para-hydroxylation sites is 1. The predicted molar refractivity (Wildman–Crippen MR) is 130 cm³/mol. The van der Waals surface area contributed by atoms with E-state index in [1.807, 2.05) is 74.0 Å². The molecule has 0 saturated carbocycles. The first kappa shape index (κ1) is 22.8. The van der Waals surface area contributed by atoms with E-state index in [0.29, 0.717) is 23.6 Å². The quantitative estimate of drug-likeness (QED) is 0.343. The lowest BCUT2D eigenvalue weighted by Crippen LogP contribution is -2.16. The first-order valence-electron chi connectivity index (χ1n) is 10.6. The summed E-state index contributed by atoms with van der Waals surface area (Å²) in [6.45, 7) is 8.34. The van der Waals surface area contributed by atoms with Crippen LogP contribution in [-0.4, -0.2) is 20.8 Å². The number of nitrogens with one attached hydrogen (secondary N) is 1. The Morgan fingerprint density at radius 2 is 1.82 bits per heavy atom. The lowest BCUT2D eigenvalue weighted by atomic mass is 10.2. The molecule has 0 atom stereocenters. The Morgan fingerprint density at radius 1 is 1.09 bits per heavy atom. The maximum Gasteiger partial charge on any atom is 0.278 e. The van der Waals surface area contributed by atoms with Crippen molar-refractivity contribution < 1.29 is 14.1 Å². The van der Waals surface area contributed by atoms with Crippen LogP contribution in [0.3, 0.4) is 0 Å². The van der Waals surface area contributed by atoms with E-state index in [-0.39, 0.29) is 18.2 Å². The molecule has 1 N–H and O–H groups in total. The second-order valence-electron chi connectivity index (χ2n) is 7.90. The summed E-state index contributed by atoms with van der Waals surface area (Å²) in [4.78, 5) is 13.1. The molecule has 1 amide bonds. The van der Waals surface area contributed by atoms with Gasteiger partial charge in [0.15, 0.2) is 5.69 Å². The normalized spacial score (nSPS) is 10.9. The summed E-state index contributed by atoms with van der Waals surface area (Å²) in [5.74, 6) is 0.947. The van der Waals surface area contributed by atoms with Gasteiger partial charge in [0.25, 0.3) is 5.91 Å². The van der Waals surface area contributed by atoms with Crippen LogP contribution in [0.5, 0.6) is 5.75 Å². The fourth-order valence-electron chi connectivity index (χ4n) is 3.58. The summed E-state index contributed by atoms with van der Waals surface area (Å²) >= 11 is 3.45. The highest BCUT2D eigenvalue weighted by molar-refractivity contribution is 9.10. The lowest BCUT2D eigenvalue weighted by Gasteiger charge is -2.10. The van der Waals surface area contributed by atoms with Gasteiger partial charge in [-0.15, -0.1) is 0 Å². The van der Waals surface area contributed by atoms with E-state index in [2.05, 4.69) is 31.5 Å². The summed E-state index contributed by atoms with van der Waals surface area (Å²) in [5.41, 5.74) is 5.22. The van der Waals surface area contributed by atoms with E-state index in [1.165, 1.54) is 0 Å². The van der Waals surface area contributed by atoms with E-state index < -0.39 is 0 Å². The van der Waals surface area contributed by atoms with Gasteiger partial charge in [-0.3, -0.25) is 9.48 Å². The Morgan fingerprint density at radius 3 is 2.55 bits per heavy atom. The number of rotatable bonds is 7. The zero-order valence-corrected chi connectivity index (χ0v) is 20.6. The van der Waals surface area contributed by atoms with Crippen LogP contribution in [0.15, 0.2) is 57.5 Å². The van der Waals surface area contributed by atoms with Crippen LogP contribution in [0.2, 0.25) is 0 Å². The summed E-state index contributed by atoms with van der Waals surface area (Å²) in [6.07, 6.45) is 0. The zero-order valence-electron chi connectivity index (χ0n) is 19.0. The minimum absolute atomic E-state index is 0.184. The molecule has 0 radical (unpaired) electrons. The minimum atomic E-state index is -0.357. The molecule has 8 heteroatoms. The number of hydrogen-bond donors (Lipinski definition) is 1. The smallest absolute Gasteiger partial charge is 0.278 e. The Balaban J connectivity index is 1.51. The fourth-order valence-corrected chi connectivity index (χ4v) is 3.84. The van der Waals surface area contributed by atoms with Crippen molar-refractivity contribution in [3.05, 3.63) is 92.5 Å².